The number of carbonyl (C=O) groups excluding carboxylic acids is 2. The third-order valence-corrected chi connectivity index (χ3v) is 5.25. The number of amides is 3. The van der Waals surface area contributed by atoms with Crippen LogP contribution in [0.4, 0.5) is 4.79 Å². The molecule has 0 aliphatic rings. The fourth-order valence-electron chi connectivity index (χ4n) is 3.18. The monoisotopic (exact) mass is 460 g/mol. The van der Waals surface area contributed by atoms with Gasteiger partial charge in [0.05, 0.1) is 6.61 Å². The molecule has 0 saturated heterocycles. The standard InChI is InChI=1S/C24H33ClN4O3/c1-28(2)15-13-26-23(31)22(18-20-8-10-21(25)11-9-20)27-24(32)29(16-17-30)14-12-19-6-4-3-5-7-19/h3-11,22,30H,12-18H2,1-2H3,(H,26,31)(H,27,32). The zero-order valence-electron chi connectivity index (χ0n) is 18.8. The topological polar surface area (TPSA) is 84.9 Å². The lowest BCUT2D eigenvalue weighted by Gasteiger charge is -2.26. The summed E-state index contributed by atoms with van der Waals surface area (Å²) >= 11 is 5.97. The van der Waals surface area contributed by atoms with Gasteiger partial charge in [-0.25, -0.2) is 4.79 Å². The minimum atomic E-state index is -0.747. The van der Waals surface area contributed by atoms with Crippen LogP contribution in [0.1, 0.15) is 11.1 Å². The SMILES string of the molecule is CN(C)CCNC(=O)C(Cc1ccc(Cl)cc1)NC(=O)N(CCO)CCc1ccccc1. The van der Waals surface area contributed by atoms with Crippen LogP contribution < -0.4 is 10.6 Å². The molecule has 7 nitrogen and oxygen atoms in total. The number of nitrogens with zero attached hydrogens (tertiary/aromatic N) is 2. The number of hydrogen-bond donors (Lipinski definition) is 3. The molecule has 174 valence electrons. The molecule has 1 atom stereocenters. The molecule has 0 fully saturated rings. The zero-order chi connectivity index (χ0) is 23.3. The average molecular weight is 461 g/mol. The van der Waals surface area contributed by atoms with Crippen molar-refractivity contribution >= 4 is 23.5 Å². The van der Waals surface area contributed by atoms with Crippen molar-refractivity contribution in [3.8, 4) is 0 Å². The first kappa shape index (κ1) is 25.6. The quantitative estimate of drug-likeness (QED) is 0.453. The molecular weight excluding hydrogens is 428 g/mol. The van der Waals surface area contributed by atoms with Crippen LogP contribution in [0.2, 0.25) is 5.02 Å². The Morgan fingerprint density at radius 1 is 0.969 bits per heavy atom. The van der Waals surface area contributed by atoms with Crippen molar-refractivity contribution in [1.29, 1.82) is 0 Å². The van der Waals surface area contributed by atoms with E-state index in [1.807, 2.05) is 61.5 Å². The number of likely N-dealkylation sites (N-methyl/N-ethyl adjacent to an activating group) is 1. The van der Waals surface area contributed by atoms with Crippen LogP contribution in [0.15, 0.2) is 54.6 Å². The Hall–Kier alpha value is -2.61. The van der Waals surface area contributed by atoms with Gasteiger partial charge in [0.15, 0.2) is 0 Å². The Balaban J connectivity index is 2.06. The zero-order valence-corrected chi connectivity index (χ0v) is 19.5. The number of hydrogen-bond acceptors (Lipinski definition) is 4. The molecule has 2 aromatic carbocycles. The van der Waals surface area contributed by atoms with Crippen molar-refractivity contribution < 1.29 is 14.7 Å². The summed E-state index contributed by atoms with van der Waals surface area (Å²) in [6.45, 7) is 1.65. The van der Waals surface area contributed by atoms with Crippen LogP contribution in [0.3, 0.4) is 0 Å². The van der Waals surface area contributed by atoms with E-state index in [1.54, 1.807) is 12.1 Å². The van der Waals surface area contributed by atoms with Gasteiger partial charge in [-0.2, -0.15) is 0 Å². The van der Waals surface area contributed by atoms with Crippen LogP contribution in [0, 0.1) is 0 Å². The number of urea groups is 1. The predicted molar refractivity (Wildman–Crippen MR) is 128 cm³/mol. The van der Waals surface area contributed by atoms with Gasteiger partial charge in [0.2, 0.25) is 5.91 Å². The highest BCUT2D eigenvalue weighted by atomic mass is 35.5. The second-order valence-electron chi connectivity index (χ2n) is 7.87. The molecule has 3 N–H and O–H groups in total. The number of aliphatic hydroxyl groups excluding tert-OH is 1. The van der Waals surface area contributed by atoms with Gasteiger partial charge in [0.25, 0.3) is 0 Å². The van der Waals surface area contributed by atoms with Gasteiger partial charge < -0.3 is 25.5 Å². The smallest absolute Gasteiger partial charge is 0.318 e. The summed E-state index contributed by atoms with van der Waals surface area (Å²) in [6, 6.07) is 15.9. The summed E-state index contributed by atoms with van der Waals surface area (Å²) in [5.74, 6) is -0.248. The highest BCUT2D eigenvalue weighted by Crippen LogP contribution is 2.12. The number of aliphatic hydroxyl groups is 1. The fourth-order valence-corrected chi connectivity index (χ4v) is 3.30. The van der Waals surface area contributed by atoms with E-state index in [0.29, 0.717) is 37.5 Å². The third kappa shape index (κ3) is 9.26. The van der Waals surface area contributed by atoms with Gasteiger partial charge in [0, 0.05) is 37.6 Å². The van der Waals surface area contributed by atoms with Crippen LogP contribution in [-0.4, -0.2) is 79.8 Å². The molecule has 0 heterocycles. The molecule has 2 aromatic rings. The Bertz CT molecular complexity index is 831. The average Bonchev–Trinajstić information content (AvgIpc) is 2.78. The summed E-state index contributed by atoms with van der Waals surface area (Å²) in [5.41, 5.74) is 1.99. The minimum absolute atomic E-state index is 0.154. The van der Waals surface area contributed by atoms with Crippen LogP contribution in [-0.2, 0) is 17.6 Å². The molecule has 0 saturated carbocycles. The van der Waals surface area contributed by atoms with Gasteiger partial charge in [-0.1, -0.05) is 54.1 Å². The van der Waals surface area contributed by atoms with Crippen LogP contribution >= 0.6 is 11.6 Å². The van der Waals surface area contributed by atoms with Crippen molar-refractivity contribution in [3.05, 3.63) is 70.7 Å². The maximum Gasteiger partial charge on any atom is 0.318 e. The van der Waals surface area contributed by atoms with Crippen LogP contribution in [0.5, 0.6) is 0 Å². The van der Waals surface area contributed by atoms with Gasteiger partial charge in [-0.15, -0.1) is 0 Å². The number of nitrogens with one attached hydrogen (secondary N) is 2. The highest BCUT2D eigenvalue weighted by Gasteiger charge is 2.24. The normalized spacial score (nSPS) is 11.8. The fraction of sp³-hybridized carbons (Fsp3) is 0.417. The van der Waals surface area contributed by atoms with E-state index in [0.717, 1.165) is 11.1 Å². The first-order valence-corrected chi connectivity index (χ1v) is 11.1. The van der Waals surface area contributed by atoms with E-state index in [1.165, 1.54) is 4.90 Å². The van der Waals surface area contributed by atoms with Crippen molar-refractivity contribution in [2.24, 2.45) is 0 Å². The molecule has 0 aliphatic heterocycles. The maximum absolute atomic E-state index is 13.0. The van der Waals surface area contributed by atoms with Crippen molar-refractivity contribution in [2.75, 3.05) is 46.9 Å². The molecule has 8 heteroatoms. The molecule has 0 radical (unpaired) electrons. The molecular formula is C24H33ClN4O3. The van der Waals surface area contributed by atoms with E-state index in [4.69, 9.17) is 11.6 Å². The minimum Gasteiger partial charge on any atom is -0.395 e. The highest BCUT2D eigenvalue weighted by molar-refractivity contribution is 6.30. The second kappa shape index (κ2) is 13.7. The second-order valence-corrected chi connectivity index (χ2v) is 8.31. The van der Waals surface area contributed by atoms with E-state index < -0.39 is 6.04 Å². The van der Waals surface area contributed by atoms with E-state index >= 15 is 0 Å². The lowest BCUT2D eigenvalue weighted by atomic mass is 10.1. The Morgan fingerprint density at radius 2 is 1.66 bits per heavy atom. The van der Waals surface area contributed by atoms with Gasteiger partial charge in [-0.3, -0.25) is 4.79 Å². The summed E-state index contributed by atoms with van der Waals surface area (Å²) in [4.78, 5) is 29.4. The Labute approximate surface area is 195 Å². The number of halogens is 1. The van der Waals surface area contributed by atoms with Gasteiger partial charge >= 0.3 is 6.03 Å². The summed E-state index contributed by atoms with van der Waals surface area (Å²) in [6.07, 6.45) is 0.994. The summed E-state index contributed by atoms with van der Waals surface area (Å²) in [5, 5.41) is 15.8. The van der Waals surface area contributed by atoms with E-state index in [2.05, 4.69) is 10.6 Å². The molecule has 2 rings (SSSR count). The number of rotatable bonds is 12. The predicted octanol–water partition coefficient (Wildman–Crippen LogP) is 2.18. The molecule has 0 bridgehead atoms. The Morgan fingerprint density at radius 3 is 2.28 bits per heavy atom. The first-order valence-electron chi connectivity index (χ1n) is 10.8. The number of benzene rings is 2. The van der Waals surface area contributed by atoms with E-state index in [-0.39, 0.29) is 25.1 Å². The van der Waals surface area contributed by atoms with Gasteiger partial charge in [-0.05, 0) is 43.8 Å². The van der Waals surface area contributed by atoms with Crippen LogP contribution in [0.25, 0.3) is 0 Å². The molecule has 3 amide bonds. The number of carbonyl (C=O) groups is 2. The molecule has 0 aromatic heterocycles. The van der Waals surface area contributed by atoms with E-state index in [9.17, 15) is 14.7 Å². The summed E-state index contributed by atoms with van der Waals surface area (Å²) < 4.78 is 0. The summed E-state index contributed by atoms with van der Waals surface area (Å²) in [7, 11) is 3.86. The molecule has 0 aliphatic carbocycles. The van der Waals surface area contributed by atoms with Crippen molar-refractivity contribution in [2.45, 2.75) is 18.9 Å². The largest absolute Gasteiger partial charge is 0.395 e. The van der Waals surface area contributed by atoms with Crippen molar-refractivity contribution in [1.82, 2.24) is 20.4 Å². The molecule has 1 unspecified atom stereocenters. The lowest BCUT2D eigenvalue weighted by molar-refractivity contribution is -0.123. The third-order valence-electron chi connectivity index (χ3n) is 5.00. The molecule has 0 spiro atoms. The lowest BCUT2D eigenvalue weighted by Crippen LogP contribution is -2.53. The first-order chi connectivity index (χ1) is 15.4. The Kier molecular flexibility index (Phi) is 11.0. The van der Waals surface area contributed by atoms with Gasteiger partial charge in [0.1, 0.15) is 6.04 Å². The molecule has 32 heavy (non-hydrogen) atoms. The van der Waals surface area contributed by atoms with Crippen molar-refractivity contribution in [3.63, 3.8) is 0 Å². The maximum atomic E-state index is 13.0.